The molecule has 2 amide bonds. The van der Waals surface area contributed by atoms with Gasteiger partial charge in [0.1, 0.15) is 13.2 Å². The first kappa shape index (κ1) is 14.0. The molecule has 0 unspecified atom stereocenters. The average molecular weight is 256 g/mol. The Labute approximate surface area is 105 Å². The molecule has 0 aliphatic carbocycles. The normalized spacial score (nSPS) is 16.1. The third-order valence-electron chi connectivity index (χ3n) is 2.50. The second kappa shape index (κ2) is 6.63. The first-order valence-corrected chi connectivity index (χ1v) is 5.56. The maximum absolute atomic E-state index is 11.6. The van der Waals surface area contributed by atoms with Gasteiger partial charge in [-0.05, 0) is 0 Å². The number of rotatable bonds is 4. The summed E-state index contributed by atoms with van der Waals surface area (Å²) in [7, 11) is 0. The fourth-order valence-corrected chi connectivity index (χ4v) is 1.60. The van der Waals surface area contributed by atoms with Crippen LogP contribution in [-0.2, 0) is 14.3 Å². The van der Waals surface area contributed by atoms with E-state index >= 15 is 0 Å². The van der Waals surface area contributed by atoms with Gasteiger partial charge >= 0.3 is 12.1 Å². The summed E-state index contributed by atoms with van der Waals surface area (Å²) in [6.45, 7) is 3.92. The first-order valence-electron chi connectivity index (χ1n) is 5.56. The van der Waals surface area contributed by atoms with Gasteiger partial charge in [-0.1, -0.05) is 12.7 Å². The van der Waals surface area contributed by atoms with Gasteiger partial charge in [-0.2, -0.15) is 0 Å². The van der Waals surface area contributed by atoms with E-state index in [1.165, 1.54) is 15.9 Å². The number of carboxylic acid groups (broad SMARTS) is 1. The Kier molecular flexibility index (Phi) is 5.16. The van der Waals surface area contributed by atoms with Gasteiger partial charge in [0.05, 0.1) is 0 Å². The molecule has 1 heterocycles. The lowest BCUT2D eigenvalue weighted by molar-refractivity contribution is -0.144. The maximum Gasteiger partial charge on any atom is 0.410 e. The molecule has 18 heavy (non-hydrogen) atoms. The van der Waals surface area contributed by atoms with E-state index in [0.29, 0.717) is 0 Å². The molecular formula is C11H16N2O5. The Morgan fingerprint density at radius 3 is 2.72 bits per heavy atom. The van der Waals surface area contributed by atoms with Crippen LogP contribution in [0.25, 0.3) is 0 Å². The molecule has 0 spiro atoms. The Morgan fingerprint density at radius 1 is 1.39 bits per heavy atom. The predicted molar refractivity (Wildman–Crippen MR) is 62.0 cm³/mol. The van der Waals surface area contributed by atoms with Crippen molar-refractivity contribution in [2.45, 2.75) is 6.42 Å². The SMILES string of the molecule is C=CCOC(=O)N1CCC(=O)N(CC(=O)O)CC1. The van der Waals surface area contributed by atoms with Crippen LogP contribution in [-0.4, -0.2) is 65.7 Å². The Hall–Kier alpha value is -2.05. The van der Waals surface area contributed by atoms with Gasteiger partial charge in [0.15, 0.2) is 0 Å². The highest BCUT2D eigenvalue weighted by atomic mass is 16.6. The summed E-state index contributed by atoms with van der Waals surface area (Å²) in [6.07, 6.45) is 1.05. The number of hydrogen-bond acceptors (Lipinski definition) is 4. The van der Waals surface area contributed by atoms with E-state index in [4.69, 9.17) is 9.84 Å². The quantitative estimate of drug-likeness (QED) is 0.711. The van der Waals surface area contributed by atoms with E-state index in [9.17, 15) is 14.4 Å². The standard InChI is InChI=1S/C11H16N2O5/c1-2-7-18-11(17)12-4-3-9(14)13(6-5-12)8-10(15)16/h2H,1,3-8H2,(H,15,16). The Balaban J connectivity index is 2.53. The molecule has 0 aromatic carbocycles. The van der Waals surface area contributed by atoms with Gasteiger partial charge in [0.2, 0.25) is 5.91 Å². The van der Waals surface area contributed by atoms with Crippen molar-refractivity contribution in [3.63, 3.8) is 0 Å². The number of carbonyl (C=O) groups is 3. The van der Waals surface area contributed by atoms with Crippen LogP contribution in [0.4, 0.5) is 4.79 Å². The smallest absolute Gasteiger partial charge is 0.410 e. The number of carbonyl (C=O) groups excluding carboxylic acids is 2. The number of nitrogens with zero attached hydrogens (tertiary/aromatic N) is 2. The molecule has 0 bridgehead atoms. The largest absolute Gasteiger partial charge is 0.480 e. The molecule has 7 nitrogen and oxygen atoms in total. The number of ether oxygens (including phenoxy) is 1. The van der Waals surface area contributed by atoms with Gasteiger partial charge in [0.25, 0.3) is 0 Å². The Morgan fingerprint density at radius 2 is 2.11 bits per heavy atom. The van der Waals surface area contributed by atoms with E-state index in [1.807, 2.05) is 0 Å². The molecule has 0 saturated carbocycles. The maximum atomic E-state index is 11.6. The first-order chi connectivity index (χ1) is 8.54. The summed E-state index contributed by atoms with van der Waals surface area (Å²) in [5, 5.41) is 8.66. The van der Waals surface area contributed by atoms with Crippen LogP contribution in [0.5, 0.6) is 0 Å². The van der Waals surface area contributed by atoms with E-state index in [1.54, 1.807) is 0 Å². The molecule has 1 N–H and O–H groups in total. The highest BCUT2D eigenvalue weighted by Crippen LogP contribution is 2.06. The number of amides is 2. The van der Waals surface area contributed by atoms with E-state index in [0.717, 1.165) is 0 Å². The van der Waals surface area contributed by atoms with E-state index < -0.39 is 12.1 Å². The second-order valence-corrected chi connectivity index (χ2v) is 3.81. The van der Waals surface area contributed by atoms with Crippen LogP contribution >= 0.6 is 0 Å². The van der Waals surface area contributed by atoms with Gasteiger partial charge in [-0.25, -0.2) is 4.79 Å². The summed E-state index contributed by atoms with van der Waals surface area (Å²) in [6, 6.07) is 0. The fourth-order valence-electron chi connectivity index (χ4n) is 1.60. The van der Waals surface area contributed by atoms with Crippen molar-refractivity contribution in [2.24, 2.45) is 0 Å². The van der Waals surface area contributed by atoms with Crippen LogP contribution in [0.2, 0.25) is 0 Å². The third kappa shape index (κ3) is 4.08. The molecule has 1 saturated heterocycles. The summed E-state index contributed by atoms with van der Waals surface area (Å²) in [5.41, 5.74) is 0. The molecule has 0 radical (unpaired) electrons. The fraction of sp³-hybridized carbons (Fsp3) is 0.545. The number of hydrogen-bond donors (Lipinski definition) is 1. The van der Waals surface area contributed by atoms with Crippen LogP contribution in [0.3, 0.4) is 0 Å². The van der Waals surface area contributed by atoms with Crippen molar-refractivity contribution in [2.75, 3.05) is 32.8 Å². The van der Waals surface area contributed by atoms with Gasteiger partial charge in [0, 0.05) is 26.1 Å². The van der Waals surface area contributed by atoms with Gasteiger partial charge in [-0.15, -0.1) is 0 Å². The zero-order valence-electron chi connectivity index (χ0n) is 10.0. The lowest BCUT2D eigenvalue weighted by Gasteiger charge is -2.20. The third-order valence-corrected chi connectivity index (χ3v) is 2.50. The van der Waals surface area contributed by atoms with E-state index in [2.05, 4.69) is 6.58 Å². The van der Waals surface area contributed by atoms with Crippen molar-refractivity contribution in [3.05, 3.63) is 12.7 Å². The molecule has 0 aromatic heterocycles. The zero-order valence-corrected chi connectivity index (χ0v) is 10.0. The van der Waals surface area contributed by atoms with Crippen LogP contribution in [0.15, 0.2) is 12.7 Å². The summed E-state index contributed by atoms with van der Waals surface area (Å²) >= 11 is 0. The minimum atomic E-state index is -1.06. The lowest BCUT2D eigenvalue weighted by atomic mass is 10.3. The highest BCUT2D eigenvalue weighted by Gasteiger charge is 2.25. The summed E-state index contributed by atoms with van der Waals surface area (Å²) in [5.74, 6) is -1.33. The molecule has 0 atom stereocenters. The van der Waals surface area contributed by atoms with Crippen molar-refractivity contribution >= 4 is 18.0 Å². The average Bonchev–Trinajstić information content (AvgIpc) is 2.49. The number of aliphatic carboxylic acids is 1. The zero-order chi connectivity index (χ0) is 13.5. The monoisotopic (exact) mass is 256 g/mol. The van der Waals surface area contributed by atoms with Crippen molar-refractivity contribution in [1.82, 2.24) is 9.80 Å². The topological polar surface area (TPSA) is 87.2 Å². The molecule has 1 rings (SSSR count). The summed E-state index contributed by atoms with van der Waals surface area (Å²) < 4.78 is 4.86. The molecule has 1 fully saturated rings. The molecular weight excluding hydrogens is 240 g/mol. The molecule has 100 valence electrons. The molecule has 7 heteroatoms. The minimum absolute atomic E-state index is 0.108. The van der Waals surface area contributed by atoms with Crippen molar-refractivity contribution in [1.29, 1.82) is 0 Å². The van der Waals surface area contributed by atoms with Crippen LogP contribution in [0.1, 0.15) is 6.42 Å². The number of carboxylic acids is 1. The second-order valence-electron chi connectivity index (χ2n) is 3.81. The minimum Gasteiger partial charge on any atom is -0.480 e. The Bertz CT molecular complexity index is 355. The predicted octanol–water partition coefficient (Wildman–Crippen LogP) is -0.0721. The van der Waals surface area contributed by atoms with Crippen LogP contribution < -0.4 is 0 Å². The highest BCUT2D eigenvalue weighted by molar-refractivity contribution is 5.82. The van der Waals surface area contributed by atoms with Crippen LogP contribution in [0, 0.1) is 0 Å². The van der Waals surface area contributed by atoms with E-state index in [-0.39, 0.29) is 45.1 Å². The van der Waals surface area contributed by atoms with Crippen molar-refractivity contribution in [3.8, 4) is 0 Å². The molecule has 0 aromatic rings. The van der Waals surface area contributed by atoms with Crippen molar-refractivity contribution < 1.29 is 24.2 Å². The van der Waals surface area contributed by atoms with Gasteiger partial charge in [-0.3, -0.25) is 9.59 Å². The van der Waals surface area contributed by atoms with Gasteiger partial charge < -0.3 is 19.6 Å². The molecule has 1 aliphatic rings. The lowest BCUT2D eigenvalue weighted by Crippen LogP contribution is -2.38. The molecule has 1 aliphatic heterocycles. The summed E-state index contributed by atoms with van der Waals surface area (Å²) in [4.78, 5) is 36.3.